The van der Waals surface area contributed by atoms with Crippen LogP contribution >= 0.6 is 35.0 Å². The van der Waals surface area contributed by atoms with Crippen molar-refractivity contribution >= 4 is 50.9 Å². The average molecular weight is 447 g/mol. The molecule has 0 saturated carbocycles. The van der Waals surface area contributed by atoms with Gasteiger partial charge in [-0.2, -0.15) is 11.8 Å². The monoisotopic (exact) mass is 446 g/mol. The first kappa shape index (κ1) is 22.0. The minimum absolute atomic E-state index is 0.0897. The summed E-state index contributed by atoms with van der Waals surface area (Å²) in [5.74, 6) is 1.10. The highest BCUT2D eigenvalue weighted by molar-refractivity contribution is 7.98. The molecule has 0 aliphatic rings. The van der Waals surface area contributed by atoms with Crippen LogP contribution in [-0.4, -0.2) is 45.0 Å². The maximum atomic E-state index is 12.3. The summed E-state index contributed by atoms with van der Waals surface area (Å²) in [6.45, 7) is 0.458. The number of sulfonamides is 1. The van der Waals surface area contributed by atoms with Crippen molar-refractivity contribution in [3.63, 3.8) is 0 Å². The Kier molecular flexibility index (Phi) is 8.00. The molecule has 0 aromatic heterocycles. The van der Waals surface area contributed by atoms with Crippen LogP contribution in [0.1, 0.15) is 15.9 Å². The van der Waals surface area contributed by atoms with Crippen molar-refractivity contribution in [3.8, 4) is 0 Å². The highest BCUT2D eigenvalue weighted by Gasteiger charge is 2.18. The van der Waals surface area contributed by atoms with E-state index in [0.717, 1.165) is 9.87 Å². The van der Waals surface area contributed by atoms with E-state index in [2.05, 4.69) is 5.32 Å². The van der Waals surface area contributed by atoms with Gasteiger partial charge in [-0.3, -0.25) is 4.79 Å². The number of nitrogens with zero attached hydrogens (tertiary/aromatic N) is 1. The molecule has 27 heavy (non-hydrogen) atoms. The number of rotatable bonds is 8. The Hall–Kier alpha value is -1.25. The van der Waals surface area contributed by atoms with Gasteiger partial charge >= 0.3 is 0 Å². The molecule has 0 heterocycles. The summed E-state index contributed by atoms with van der Waals surface area (Å²) < 4.78 is 25.4. The van der Waals surface area contributed by atoms with Crippen LogP contribution in [0.5, 0.6) is 0 Å². The molecule has 0 radical (unpaired) electrons. The Labute approximate surface area is 174 Å². The number of thioether (sulfide) groups is 1. The van der Waals surface area contributed by atoms with E-state index >= 15 is 0 Å². The molecule has 0 aliphatic heterocycles. The van der Waals surface area contributed by atoms with E-state index in [0.29, 0.717) is 33.7 Å². The Balaban J connectivity index is 1.86. The minimum atomic E-state index is -3.57. The number of hydrogen-bond acceptors (Lipinski definition) is 4. The molecule has 0 atom stereocenters. The van der Waals surface area contributed by atoms with Crippen LogP contribution in [-0.2, 0) is 15.8 Å². The summed E-state index contributed by atoms with van der Waals surface area (Å²) in [6, 6.07) is 11.4. The number of nitrogens with one attached hydrogen (secondary N) is 1. The number of halogens is 2. The van der Waals surface area contributed by atoms with E-state index in [9.17, 15) is 13.2 Å². The van der Waals surface area contributed by atoms with Crippen molar-refractivity contribution in [2.24, 2.45) is 0 Å². The highest BCUT2D eigenvalue weighted by atomic mass is 35.5. The smallest absolute Gasteiger partial charge is 0.251 e. The van der Waals surface area contributed by atoms with Crippen molar-refractivity contribution in [2.45, 2.75) is 10.6 Å². The molecule has 0 aliphatic carbocycles. The summed E-state index contributed by atoms with van der Waals surface area (Å²) in [5, 5.41) is 4.01. The van der Waals surface area contributed by atoms with Crippen LogP contribution < -0.4 is 5.32 Å². The molecule has 0 fully saturated rings. The lowest BCUT2D eigenvalue weighted by Crippen LogP contribution is -2.26. The Morgan fingerprint density at radius 3 is 2.56 bits per heavy atom. The number of hydrogen-bond donors (Lipinski definition) is 1. The lowest BCUT2D eigenvalue weighted by atomic mass is 10.2. The zero-order valence-corrected chi connectivity index (χ0v) is 18.1. The van der Waals surface area contributed by atoms with Gasteiger partial charge < -0.3 is 5.32 Å². The zero-order valence-electron chi connectivity index (χ0n) is 14.9. The molecule has 0 bridgehead atoms. The standard InChI is InChI=1S/C18H20Cl2N2O3S2/c1-22(2)27(24,25)16-5-3-4-13(10-16)18(23)21-8-9-26-12-14-6-7-15(19)11-17(14)20/h3-7,10-11H,8-9,12H2,1-2H3,(H,21,23). The summed E-state index contributed by atoms with van der Waals surface area (Å²) in [6.07, 6.45) is 0. The molecule has 5 nitrogen and oxygen atoms in total. The van der Waals surface area contributed by atoms with Crippen LogP contribution in [0.4, 0.5) is 0 Å². The molecular weight excluding hydrogens is 427 g/mol. The Bertz CT molecular complexity index is 919. The normalized spacial score (nSPS) is 11.6. The largest absolute Gasteiger partial charge is 0.351 e. The maximum Gasteiger partial charge on any atom is 0.251 e. The van der Waals surface area contributed by atoms with Crippen molar-refractivity contribution < 1.29 is 13.2 Å². The van der Waals surface area contributed by atoms with E-state index in [1.165, 1.54) is 26.2 Å². The van der Waals surface area contributed by atoms with Crippen LogP contribution in [0.25, 0.3) is 0 Å². The molecule has 0 unspecified atom stereocenters. The molecule has 1 amide bonds. The van der Waals surface area contributed by atoms with Gasteiger partial charge in [-0.05, 0) is 35.9 Å². The van der Waals surface area contributed by atoms with Gasteiger partial charge in [0, 0.05) is 47.8 Å². The second-order valence-electron chi connectivity index (χ2n) is 5.86. The minimum Gasteiger partial charge on any atom is -0.351 e. The summed E-state index contributed by atoms with van der Waals surface area (Å²) in [7, 11) is -0.671. The molecule has 2 aromatic carbocycles. The second kappa shape index (κ2) is 9.80. The van der Waals surface area contributed by atoms with Gasteiger partial charge in [0.25, 0.3) is 5.91 Å². The fourth-order valence-electron chi connectivity index (χ4n) is 2.17. The first-order valence-electron chi connectivity index (χ1n) is 8.04. The SMILES string of the molecule is CN(C)S(=O)(=O)c1cccc(C(=O)NCCSCc2ccc(Cl)cc2Cl)c1. The number of carbonyl (C=O) groups is 1. The van der Waals surface area contributed by atoms with E-state index < -0.39 is 10.0 Å². The zero-order chi connectivity index (χ0) is 20.0. The number of benzene rings is 2. The molecule has 2 aromatic rings. The molecule has 1 N–H and O–H groups in total. The Morgan fingerprint density at radius 2 is 1.89 bits per heavy atom. The number of amides is 1. The molecule has 0 saturated heterocycles. The fourth-order valence-corrected chi connectivity index (χ4v) is 4.53. The summed E-state index contributed by atoms with van der Waals surface area (Å²) >= 11 is 13.6. The van der Waals surface area contributed by atoms with Crippen molar-refractivity contribution in [1.29, 1.82) is 0 Å². The van der Waals surface area contributed by atoms with Crippen molar-refractivity contribution in [2.75, 3.05) is 26.4 Å². The third kappa shape index (κ3) is 6.12. The van der Waals surface area contributed by atoms with Gasteiger partial charge in [-0.25, -0.2) is 12.7 Å². The predicted molar refractivity (Wildman–Crippen MR) is 112 cm³/mol. The topological polar surface area (TPSA) is 66.5 Å². The lowest BCUT2D eigenvalue weighted by Gasteiger charge is -2.12. The first-order chi connectivity index (χ1) is 12.7. The van der Waals surface area contributed by atoms with Crippen molar-refractivity contribution in [1.82, 2.24) is 9.62 Å². The van der Waals surface area contributed by atoms with E-state index in [4.69, 9.17) is 23.2 Å². The summed E-state index contributed by atoms with van der Waals surface area (Å²) in [4.78, 5) is 12.3. The van der Waals surface area contributed by atoms with Crippen LogP contribution in [0.2, 0.25) is 10.0 Å². The Morgan fingerprint density at radius 1 is 1.15 bits per heavy atom. The van der Waals surface area contributed by atoms with Gasteiger partial charge in [0.2, 0.25) is 10.0 Å². The second-order valence-corrected chi connectivity index (χ2v) is 9.96. The molecule has 2 rings (SSSR count). The molecular formula is C18H20Cl2N2O3S2. The molecule has 9 heteroatoms. The third-order valence-electron chi connectivity index (χ3n) is 3.68. The first-order valence-corrected chi connectivity index (χ1v) is 11.4. The fraction of sp³-hybridized carbons (Fsp3) is 0.278. The molecule has 146 valence electrons. The van der Waals surface area contributed by atoms with Crippen LogP contribution in [0, 0.1) is 0 Å². The van der Waals surface area contributed by atoms with Gasteiger partial charge in [0.05, 0.1) is 4.90 Å². The van der Waals surface area contributed by atoms with Gasteiger partial charge in [-0.1, -0.05) is 35.3 Å². The van der Waals surface area contributed by atoms with E-state index in [-0.39, 0.29) is 10.8 Å². The highest BCUT2D eigenvalue weighted by Crippen LogP contribution is 2.24. The van der Waals surface area contributed by atoms with Gasteiger partial charge in [0.1, 0.15) is 0 Å². The average Bonchev–Trinajstić information content (AvgIpc) is 2.62. The summed E-state index contributed by atoms with van der Waals surface area (Å²) in [5.41, 5.74) is 1.29. The van der Waals surface area contributed by atoms with Crippen LogP contribution in [0.15, 0.2) is 47.4 Å². The van der Waals surface area contributed by atoms with Crippen LogP contribution in [0.3, 0.4) is 0 Å². The quantitative estimate of drug-likeness (QED) is 0.624. The van der Waals surface area contributed by atoms with Gasteiger partial charge in [-0.15, -0.1) is 0 Å². The van der Waals surface area contributed by atoms with E-state index in [1.807, 2.05) is 6.07 Å². The van der Waals surface area contributed by atoms with Crippen molar-refractivity contribution in [3.05, 3.63) is 63.6 Å². The number of carbonyl (C=O) groups excluding carboxylic acids is 1. The third-order valence-corrected chi connectivity index (χ3v) is 7.09. The molecule has 0 spiro atoms. The van der Waals surface area contributed by atoms with E-state index in [1.54, 1.807) is 36.0 Å². The lowest BCUT2D eigenvalue weighted by molar-refractivity contribution is 0.0956. The maximum absolute atomic E-state index is 12.3. The predicted octanol–water partition coefficient (Wildman–Crippen LogP) is 3.91. The van der Waals surface area contributed by atoms with Gasteiger partial charge in [0.15, 0.2) is 0 Å².